The summed E-state index contributed by atoms with van der Waals surface area (Å²) in [5.41, 5.74) is 1.09. The van der Waals surface area contributed by atoms with Gasteiger partial charge in [-0.05, 0) is 36.9 Å². The van der Waals surface area contributed by atoms with Crippen LogP contribution in [0.25, 0.3) is 0 Å². The summed E-state index contributed by atoms with van der Waals surface area (Å²) in [4.78, 5) is 6.49. The van der Waals surface area contributed by atoms with E-state index in [9.17, 15) is 0 Å². The minimum atomic E-state index is 0.716. The molecule has 1 aromatic rings. The Morgan fingerprint density at radius 3 is 3.00 bits per heavy atom. The third-order valence-electron chi connectivity index (χ3n) is 3.50. The van der Waals surface area contributed by atoms with Gasteiger partial charge in [0.2, 0.25) is 0 Å². The number of halogens is 1. The minimum absolute atomic E-state index is 0.716. The summed E-state index contributed by atoms with van der Waals surface area (Å²) in [5, 5.41) is 4.00. The Bertz CT molecular complexity index is 424. The number of anilines is 1. The molecular weight excluding hydrogens is 274 g/mol. The van der Waals surface area contributed by atoms with E-state index < -0.39 is 0 Å². The molecule has 4 nitrogen and oxygen atoms in total. The van der Waals surface area contributed by atoms with Crippen molar-refractivity contribution in [3.8, 4) is 0 Å². The van der Waals surface area contributed by atoms with Gasteiger partial charge in [0.1, 0.15) is 5.82 Å². The first-order valence-corrected chi connectivity index (χ1v) is 7.72. The monoisotopic (exact) mass is 297 g/mol. The molecule has 5 heteroatoms. The number of likely N-dealkylation sites (N-methyl/N-ethyl adjacent to an activating group) is 1. The smallest absolute Gasteiger partial charge is 0.128 e. The molecule has 1 fully saturated rings. The molecule has 0 aromatic carbocycles. The highest BCUT2D eigenvalue weighted by Crippen LogP contribution is 2.28. The van der Waals surface area contributed by atoms with Crippen molar-refractivity contribution in [2.45, 2.75) is 26.3 Å². The van der Waals surface area contributed by atoms with Crippen LogP contribution in [-0.4, -0.2) is 38.3 Å². The van der Waals surface area contributed by atoms with Gasteiger partial charge < -0.3 is 15.0 Å². The lowest BCUT2D eigenvalue weighted by Gasteiger charge is -2.19. The molecular formula is C15H24ClN3O. The Hall–Kier alpha value is -0.840. The lowest BCUT2D eigenvalue weighted by Crippen LogP contribution is -2.24. The van der Waals surface area contributed by atoms with E-state index in [1.54, 1.807) is 6.20 Å². The van der Waals surface area contributed by atoms with E-state index in [0.29, 0.717) is 5.02 Å². The standard InChI is InChI=1S/C15H24ClN3O/c1-3-17-9-13-8-15(18-10-14(13)16)19(2)6-7-20-11-12-4-5-12/h8,10,12,17H,3-7,9,11H2,1-2H3. The zero-order chi connectivity index (χ0) is 14.4. The summed E-state index contributed by atoms with van der Waals surface area (Å²) >= 11 is 6.16. The molecule has 1 heterocycles. The number of nitrogens with one attached hydrogen (secondary N) is 1. The first-order valence-electron chi connectivity index (χ1n) is 7.34. The molecule has 0 radical (unpaired) electrons. The maximum Gasteiger partial charge on any atom is 0.128 e. The summed E-state index contributed by atoms with van der Waals surface area (Å²) in [5.74, 6) is 1.76. The van der Waals surface area contributed by atoms with Gasteiger partial charge in [0.05, 0.1) is 11.6 Å². The quantitative estimate of drug-likeness (QED) is 0.711. The van der Waals surface area contributed by atoms with Crippen molar-refractivity contribution in [3.05, 3.63) is 22.8 Å². The number of hydrogen-bond donors (Lipinski definition) is 1. The number of nitrogens with zero attached hydrogens (tertiary/aromatic N) is 2. The van der Waals surface area contributed by atoms with Gasteiger partial charge in [-0.1, -0.05) is 18.5 Å². The fourth-order valence-corrected chi connectivity index (χ4v) is 2.09. The van der Waals surface area contributed by atoms with Crippen molar-refractivity contribution in [1.29, 1.82) is 0 Å². The van der Waals surface area contributed by atoms with Crippen LogP contribution in [0.15, 0.2) is 12.3 Å². The molecule has 0 unspecified atom stereocenters. The number of rotatable bonds is 9. The third-order valence-corrected chi connectivity index (χ3v) is 3.84. The molecule has 0 spiro atoms. The fraction of sp³-hybridized carbons (Fsp3) is 0.667. The Labute approximate surface area is 126 Å². The Morgan fingerprint density at radius 2 is 2.30 bits per heavy atom. The van der Waals surface area contributed by atoms with Gasteiger partial charge in [0.15, 0.2) is 0 Å². The van der Waals surface area contributed by atoms with Crippen LogP contribution in [-0.2, 0) is 11.3 Å². The highest BCUT2D eigenvalue weighted by molar-refractivity contribution is 6.31. The maximum atomic E-state index is 6.16. The largest absolute Gasteiger partial charge is 0.379 e. The van der Waals surface area contributed by atoms with Crippen molar-refractivity contribution in [2.75, 3.05) is 38.3 Å². The fourth-order valence-electron chi connectivity index (χ4n) is 1.92. The summed E-state index contributed by atoms with van der Waals surface area (Å²) in [6.45, 7) is 6.30. The normalized spacial score (nSPS) is 14.6. The van der Waals surface area contributed by atoms with E-state index in [2.05, 4.69) is 22.1 Å². The zero-order valence-electron chi connectivity index (χ0n) is 12.4. The zero-order valence-corrected chi connectivity index (χ0v) is 13.1. The van der Waals surface area contributed by atoms with Gasteiger partial charge in [-0.2, -0.15) is 0 Å². The molecule has 1 aromatic heterocycles. The second-order valence-electron chi connectivity index (χ2n) is 5.35. The van der Waals surface area contributed by atoms with Gasteiger partial charge in [0.25, 0.3) is 0 Å². The van der Waals surface area contributed by atoms with Gasteiger partial charge in [-0.15, -0.1) is 0 Å². The molecule has 20 heavy (non-hydrogen) atoms. The molecule has 1 aliphatic rings. The average molecular weight is 298 g/mol. The van der Waals surface area contributed by atoms with Gasteiger partial charge in [0, 0.05) is 32.9 Å². The molecule has 2 rings (SSSR count). The van der Waals surface area contributed by atoms with Gasteiger partial charge in [-0.25, -0.2) is 4.98 Å². The first kappa shape index (κ1) is 15.5. The predicted molar refractivity (Wildman–Crippen MR) is 83.4 cm³/mol. The SMILES string of the molecule is CCNCc1cc(N(C)CCOCC2CC2)ncc1Cl. The van der Waals surface area contributed by atoms with Crippen LogP contribution in [0.1, 0.15) is 25.3 Å². The van der Waals surface area contributed by atoms with Crippen molar-refractivity contribution in [3.63, 3.8) is 0 Å². The number of pyridine rings is 1. The van der Waals surface area contributed by atoms with E-state index in [-0.39, 0.29) is 0 Å². The van der Waals surface area contributed by atoms with E-state index in [0.717, 1.165) is 50.1 Å². The second-order valence-corrected chi connectivity index (χ2v) is 5.76. The van der Waals surface area contributed by atoms with Crippen LogP contribution in [0.2, 0.25) is 5.02 Å². The number of ether oxygens (including phenoxy) is 1. The van der Waals surface area contributed by atoms with Crippen LogP contribution in [0.5, 0.6) is 0 Å². The van der Waals surface area contributed by atoms with Crippen LogP contribution >= 0.6 is 11.6 Å². The summed E-state index contributed by atoms with van der Waals surface area (Å²) in [6, 6.07) is 2.05. The Balaban J connectivity index is 1.82. The lowest BCUT2D eigenvalue weighted by atomic mass is 10.2. The highest BCUT2D eigenvalue weighted by Gasteiger charge is 2.21. The van der Waals surface area contributed by atoms with E-state index >= 15 is 0 Å². The lowest BCUT2D eigenvalue weighted by molar-refractivity contribution is 0.131. The molecule has 0 atom stereocenters. The van der Waals surface area contributed by atoms with E-state index in [4.69, 9.17) is 16.3 Å². The Morgan fingerprint density at radius 1 is 1.50 bits per heavy atom. The molecule has 1 N–H and O–H groups in total. The second kappa shape index (κ2) is 7.81. The van der Waals surface area contributed by atoms with Crippen molar-refractivity contribution < 1.29 is 4.74 Å². The summed E-state index contributed by atoms with van der Waals surface area (Å²) in [6.07, 6.45) is 4.40. The van der Waals surface area contributed by atoms with Crippen molar-refractivity contribution in [2.24, 2.45) is 5.92 Å². The van der Waals surface area contributed by atoms with Gasteiger partial charge >= 0.3 is 0 Å². The predicted octanol–water partition coefficient (Wildman–Crippen LogP) is 2.71. The summed E-state index contributed by atoms with van der Waals surface area (Å²) in [7, 11) is 2.04. The highest BCUT2D eigenvalue weighted by atomic mass is 35.5. The molecule has 0 amide bonds. The van der Waals surface area contributed by atoms with Crippen LogP contribution in [0, 0.1) is 5.92 Å². The first-order chi connectivity index (χ1) is 9.70. The molecule has 0 bridgehead atoms. The average Bonchev–Trinajstić information content (AvgIpc) is 3.26. The molecule has 1 aliphatic carbocycles. The van der Waals surface area contributed by atoms with Gasteiger partial charge in [-0.3, -0.25) is 0 Å². The number of aromatic nitrogens is 1. The summed E-state index contributed by atoms with van der Waals surface area (Å²) < 4.78 is 5.66. The van der Waals surface area contributed by atoms with E-state index in [1.165, 1.54) is 12.8 Å². The molecule has 112 valence electrons. The van der Waals surface area contributed by atoms with Crippen LogP contribution in [0.3, 0.4) is 0 Å². The molecule has 0 aliphatic heterocycles. The third kappa shape index (κ3) is 4.93. The van der Waals surface area contributed by atoms with Crippen molar-refractivity contribution in [1.82, 2.24) is 10.3 Å². The van der Waals surface area contributed by atoms with Crippen LogP contribution < -0.4 is 10.2 Å². The molecule has 0 saturated heterocycles. The number of hydrogen-bond acceptors (Lipinski definition) is 4. The topological polar surface area (TPSA) is 37.4 Å². The van der Waals surface area contributed by atoms with E-state index in [1.807, 2.05) is 13.1 Å². The molecule has 1 saturated carbocycles. The Kier molecular flexibility index (Phi) is 6.07. The van der Waals surface area contributed by atoms with Crippen molar-refractivity contribution >= 4 is 17.4 Å². The maximum absolute atomic E-state index is 6.16. The van der Waals surface area contributed by atoms with Crippen LogP contribution in [0.4, 0.5) is 5.82 Å². The minimum Gasteiger partial charge on any atom is -0.379 e.